The van der Waals surface area contributed by atoms with Crippen molar-refractivity contribution in [2.45, 2.75) is 32.5 Å². The Labute approximate surface area is 183 Å². The maximum absolute atomic E-state index is 12.9. The second-order valence-corrected chi connectivity index (χ2v) is 8.09. The van der Waals surface area contributed by atoms with E-state index >= 15 is 0 Å². The van der Waals surface area contributed by atoms with Gasteiger partial charge >= 0.3 is 5.97 Å². The van der Waals surface area contributed by atoms with Crippen LogP contribution < -0.4 is 0 Å². The van der Waals surface area contributed by atoms with E-state index in [0.29, 0.717) is 5.02 Å². The van der Waals surface area contributed by atoms with Gasteiger partial charge in [-0.1, -0.05) is 86.1 Å². The molecule has 3 nitrogen and oxygen atoms in total. The van der Waals surface area contributed by atoms with Crippen LogP contribution in [0.3, 0.4) is 0 Å². The van der Waals surface area contributed by atoms with Gasteiger partial charge < -0.3 is 9.47 Å². The van der Waals surface area contributed by atoms with Crippen LogP contribution >= 0.6 is 11.6 Å². The third-order valence-corrected chi connectivity index (χ3v) is 5.37. The minimum Gasteiger partial charge on any atom is -0.460 e. The summed E-state index contributed by atoms with van der Waals surface area (Å²) >= 11 is 5.99. The lowest BCUT2D eigenvalue weighted by Crippen LogP contribution is -2.21. The molecule has 0 heterocycles. The molecule has 3 rings (SSSR count). The van der Waals surface area contributed by atoms with Gasteiger partial charge in [-0.05, 0) is 46.4 Å². The smallest absolute Gasteiger partial charge is 0.314 e. The third kappa shape index (κ3) is 5.50. The van der Waals surface area contributed by atoms with E-state index in [1.54, 1.807) is 19.2 Å². The lowest BCUT2D eigenvalue weighted by molar-refractivity contribution is -0.148. The number of esters is 1. The zero-order valence-corrected chi connectivity index (χ0v) is 18.3. The monoisotopic (exact) mass is 422 g/mol. The highest BCUT2D eigenvalue weighted by Crippen LogP contribution is 2.29. The molecule has 0 fully saturated rings. The highest BCUT2D eigenvalue weighted by atomic mass is 35.5. The van der Waals surface area contributed by atoms with Gasteiger partial charge in [-0.3, -0.25) is 4.79 Å². The van der Waals surface area contributed by atoms with Crippen LogP contribution in [0, 0.1) is 5.92 Å². The van der Waals surface area contributed by atoms with Gasteiger partial charge in [0, 0.05) is 12.1 Å². The van der Waals surface area contributed by atoms with Crippen LogP contribution in [-0.2, 0) is 20.9 Å². The molecule has 0 aliphatic rings. The van der Waals surface area contributed by atoms with E-state index in [1.165, 1.54) is 0 Å². The average molecular weight is 423 g/mol. The maximum atomic E-state index is 12.9. The van der Waals surface area contributed by atoms with Gasteiger partial charge in [-0.25, -0.2) is 0 Å². The second kappa shape index (κ2) is 10.4. The second-order valence-electron chi connectivity index (χ2n) is 7.65. The SMILES string of the molecule is COC(c1ccccc1)c1cccc(COC(=O)C(c2ccc(Cl)cc2)C(C)C)c1. The molecule has 0 bridgehead atoms. The summed E-state index contributed by atoms with van der Waals surface area (Å²) in [7, 11) is 1.70. The van der Waals surface area contributed by atoms with Gasteiger partial charge in [-0.2, -0.15) is 0 Å². The molecule has 2 atom stereocenters. The fourth-order valence-corrected chi connectivity index (χ4v) is 3.77. The van der Waals surface area contributed by atoms with Crippen molar-refractivity contribution in [3.05, 3.63) is 106 Å². The highest BCUT2D eigenvalue weighted by molar-refractivity contribution is 6.30. The van der Waals surface area contributed by atoms with Crippen molar-refractivity contribution >= 4 is 17.6 Å². The first-order valence-electron chi connectivity index (χ1n) is 10.1. The number of benzene rings is 3. The van der Waals surface area contributed by atoms with Gasteiger partial charge in [0.2, 0.25) is 0 Å². The normalized spacial score (nSPS) is 13.1. The summed E-state index contributed by atoms with van der Waals surface area (Å²) in [5.74, 6) is -0.452. The lowest BCUT2D eigenvalue weighted by atomic mass is 9.88. The zero-order chi connectivity index (χ0) is 21.5. The molecule has 3 aromatic rings. The Morgan fingerprint density at radius 1 is 0.867 bits per heavy atom. The Kier molecular flexibility index (Phi) is 7.67. The number of carbonyl (C=O) groups excluding carboxylic acids is 1. The molecule has 0 saturated carbocycles. The van der Waals surface area contributed by atoms with E-state index in [0.717, 1.165) is 22.3 Å². The fraction of sp³-hybridized carbons (Fsp3) is 0.269. The fourth-order valence-electron chi connectivity index (χ4n) is 3.65. The van der Waals surface area contributed by atoms with E-state index in [2.05, 4.69) is 0 Å². The van der Waals surface area contributed by atoms with Crippen LogP contribution in [0.25, 0.3) is 0 Å². The van der Waals surface area contributed by atoms with Crippen LogP contribution in [0.15, 0.2) is 78.9 Å². The molecule has 2 unspecified atom stereocenters. The predicted octanol–water partition coefficient (Wildman–Crippen LogP) is 6.56. The molecule has 0 radical (unpaired) electrons. The topological polar surface area (TPSA) is 35.5 Å². The lowest BCUT2D eigenvalue weighted by Gasteiger charge is -2.20. The minimum absolute atomic E-state index is 0.112. The third-order valence-electron chi connectivity index (χ3n) is 5.12. The molecule has 156 valence electrons. The quantitative estimate of drug-likeness (QED) is 0.385. The summed E-state index contributed by atoms with van der Waals surface area (Å²) in [6, 6.07) is 25.4. The van der Waals surface area contributed by atoms with Gasteiger partial charge in [0.15, 0.2) is 0 Å². The Morgan fingerprint density at radius 2 is 1.53 bits per heavy atom. The Morgan fingerprint density at radius 3 is 2.17 bits per heavy atom. The number of hydrogen-bond donors (Lipinski definition) is 0. The molecular weight excluding hydrogens is 396 g/mol. The Hall–Kier alpha value is -2.62. The summed E-state index contributed by atoms with van der Waals surface area (Å²) in [4.78, 5) is 12.9. The summed E-state index contributed by atoms with van der Waals surface area (Å²) in [6.07, 6.45) is -0.167. The first kappa shape index (κ1) is 22.1. The molecule has 30 heavy (non-hydrogen) atoms. The first-order valence-corrected chi connectivity index (χ1v) is 10.5. The van der Waals surface area contributed by atoms with E-state index in [4.69, 9.17) is 21.1 Å². The molecular formula is C26H27ClO3. The molecule has 0 spiro atoms. The van der Waals surface area contributed by atoms with Gasteiger partial charge in [0.05, 0.1) is 5.92 Å². The van der Waals surface area contributed by atoms with Crippen molar-refractivity contribution in [3.8, 4) is 0 Å². The highest BCUT2D eigenvalue weighted by Gasteiger charge is 2.26. The van der Waals surface area contributed by atoms with Crippen molar-refractivity contribution in [2.75, 3.05) is 7.11 Å². The molecule has 0 aliphatic carbocycles. The molecule has 3 aromatic carbocycles. The molecule has 4 heteroatoms. The van der Waals surface area contributed by atoms with E-state index in [1.807, 2.05) is 80.6 Å². The number of methoxy groups -OCH3 is 1. The number of halogens is 1. The molecule has 0 saturated heterocycles. The predicted molar refractivity (Wildman–Crippen MR) is 121 cm³/mol. The molecule has 0 aliphatic heterocycles. The molecule has 0 amide bonds. The maximum Gasteiger partial charge on any atom is 0.314 e. The van der Waals surface area contributed by atoms with Gasteiger partial charge in [0.1, 0.15) is 12.7 Å². The molecule has 0 N–H and O–H groups in total. The van der Waals surface area contributed by atoms with Crippen LogP contribution in [-0.4, -0.2) is 13.1 Å². The van der Waals surface area contributed by atoms with Gasteiger partial charge in [-0.15, -0.1) is 0 Å². The van der Waals surface area contributed by atoms with Crippen LogP contribution in [0.5, 0.6) is 0 Å². The van der Waals surface area contributed by atoms with Crippen molar-refractivity contribution < 1.29 is 14.3 Å². The summed E-state index contributed by atoms with van der Waals surface area (Å²) in [5, 5.41) is 0.651. The van der Waals surface area contributed by atoms with E-state index in [-0.39, 0.29) is 30.5 Å². The first-order chi connectivity index (χ1) is 14.5. The van der Waals surface area contributed by atoms with Crippen LogP contribution in [0.2, 0.25) is 5.02 Å². The largest absolute Gasteiger partial charge is 0.460 e. The number of rotatable bonds is 8. The Bertz CT molecular complexity index is 952. The average Bonchev–Trinajstić information content (AvgIpc) is 2.75. The van der Waals surface area contributed by atoms with Crippen molar-refractivity contribution in [1.29, 1.82) is 0 Å². The summed E-state index contributed by atoms with van der Waals surface area (Å²) in [5.41, 5.74) is 3.95. The summed E-state index contributed by atoms with van der Waals surface area (Å²) in [6.45, 7) is 4.25. The van der Waals surface area contributed by atoms with Gasteiger partial charge in [0.25, 0.3) is 0 Å². The number of ether oxygens (including phenoxy) is 2. The minimum atomic E-state index is -0.332. The zero-order valence-electron chi connectivity index (χ0n) is 17.5. The summed E-state index contributed by atoms with van der Waals surface area (Å²) < 4.78 is 11.4. The number of hydrogen-bond acceptors (Lipinski definition) is 3. The van der Waals surface area contributed by atoms with E-state index < -0.39 is 0 Å². The number of carbonyl (C=O) groups is 1. The van der Waals surface area contributed by atoms with Crippen LogP contribution in [0.1, 0.15) is 48.1 Å². The molecule has 0 aromatic heterocycles. The van der Waals surface area contributed by atoms with Crippen molar-refractivity contribution in [2.24, 2.45) is 5.92 Å². The van der Waals surface area contributed by atoms with Crippen molar-refractivity contribution in [3.63, 3.8) is 0 Å². The standard InChI is InChI=1S/C26H27ClO3/c1-18(2)24(20-12-14-23(27)15-13-20)26(28)30-17-19-8-7-11-22(16-19)25(29-3)21-9-5-4-6-10-21/h4-16,18,24-25H,17H2,1-3H3. The Balaban J connectivity index is 1.72. The van der Waals surface area contributed by atoms with Crippen molar-refractivity contribution in [1.82, 2.24) is 0 Å². The van der Waals surface area contributed by atoms with E-state index in [9.17, 15) is 4.79 Å². The van der Waals surface area contributed by atoms with Crippen LogP contribution in [0.4, 0.5) is 0 Å².